The van der Waals surface area contributed by atoms with Gasteiger partial charge in [-0.25, -0.2) is 0 Å². The minimum Gasteiger partial charge on any atom is -0.493 e. The van der Waals surface area contributed by atoms with Crippen molar-refractivity contribution in [2.75, 3.05) is 24.6 Å². The third kappa shape index (κ3) is 3.88. The van der Waals surface area contributed by atoms with Crippen molar-refractivity contribution in [2.24, 2.45) is 0 Å². The third-order valence-electron chi connectivity index (χ3n) is 4.10. The lowest BCUT2D eigenvalue weighted by Gasteiger charge is -2.19. The summed E-state index contributed by atoms with van der Waals surface area (Å²) in [5, 5.41) is 9.12. The molecule has 2 aromatic rings. The van der Waals surface area contributed by atoms with E-state index in [1.54, 1.807) is 12.1 Å². The van der Waals surface area contributed by atoms with E-state index in [9.17, 15) is 4.79 Å². The fourth-order valence-electron chi connectivity index (χ4n) is 2.66. The van der Waals surface area contributed by atoms with E-state index in [1.807, 2.05) is 31.7 Å². The Kier molecular flexibility index (Phi) is 6.25. The minimum absolute atomic E-state index is 0.0400. The highest BCUT2D eigenvalue weighted by Crippen LogP contribution is 2.28. The van der Waals surface area contributed by atoms with Crippen LogP contribution in [0.15, 0.2) is 27.4 Å². The van der Waals surface area contributed by atoms with Crippen molar-refractivity contribution in [3.05, 3.63) is 34.0 Å². The number of fused-ring (bicyclic) bond motifs is 1. The molecular weight excluding hydrogens is 304 g/mol. The normalized spacial score (nSPS) is 10.6. The number of hydrogen-bond acceptors (Lipinski definition) is 5. The highest BCUT2D eigenvalue weighted by molar-refractivity contribution is 5.82. The molecule has 0 saturated carbocycles. The number of unbranched alkanes of at least 4 members (excludes halogenated alkanes) is 2. The molecule has 2 rings (SSSR count). The summed E-state index contributed by atoms with van der Waals surface area (Å²) >= 11 is 0. The second-order valence-corrected chi connectivity index (χ2v) is 5.65. The molecule has 0 N–H and O–H groups in total. The van der Waals surface area contributed by atoms with Crippen LogP contribution in [0, 0.1) is 18.3 Å². The molecule has 0 radical (unpaired) electrons. The molecular formula is C19H24N2O3. The van der Waals surface area contributed by atoms with E-state index in [0.717, 1.165) is 37.2 Å². The second kappa shape index (κ2) is 8.39. The topological polar surface area (TPSA) is 66.5 Å². The molecule has 0 spiro atoms. The van der Waals surface area contributed by atoms with E-state index < -0.39 is 0 Å². The molecule has 0 aliphatic heterocycles. The van der Waals surface area contributed by atoms with Gasteiger partial charge in [-0.1, -0.05) is 0 Å². The Morgan fingerprint density at radius 3 is 2.67 bits per heavy atom. The molecule has 5 nitrogen and oxygen atoms in total. The van der Waals surface area contributed by atoms with Gasteiger partial charge in [0.25, 0.3) is 0 Å². The van der Waals surface area contributed by atoms with Crippen molar-refractivity contribution in [1.82, 2.24) is 0 Å². The molecule has 1 aromatic carbocycles. The number of aryl methyl sites for hydroxylation is 1. The van der Waals surface area contributed by atoms with Gasteiger partial charge in [-0.2, -0.15) is 5.26 Å². The summed E-state index contributed by atoms with van der Waals surface area (Å²) in [7, 11) is 0. The summed E-state index contributed by atoms with van der Waals surface area (Å²) in [6, 6.07) is 7.25. The van der Waals surface area contributed by atoms with Crippen LogP contribution in [0.3, 0.4) is 0 Å². The van der Waals surface area contributed by atoms with Gasteiger partial charge in [0.2, 0.25) is 0 Å². The van der Waals surface area contributed by atoms with E-state index in [4.69, 9.17) is 14.4 Å². The van der Waals surface area contributed by atoms with Crippen molar-refractivity contribution in [3.8, 4) is 11.8 Å². The molecule has 0 saturated heterocycles. The molecule has 0 aliphatic rings. The maximum Gasteiger partial charge on any atom is 0.199 e. The molecule has 0 bridgehead atoms. The molecule has 0 unspecified atom stereocenters. The lowest BCUT2D eigenvalue weighted by atomic mass is 10.1. The van der Waals surface area contributed by atoms with E-state index in [1.165, 1.54) is 0 Å². The Morgan fingerprint density at radius 1 is 1.25 bits per heavy atom. The zero-order chi connectivity index (χ0) is 17.5. The van der Waals surface area contributed by atoms with Crippen LogP contribution in [0.25, 0.3) is 11.0 Å². The maximum atomic E-state index is 12.4. The van der Waals surface area contributed by atoms with Crippen LogP contribution in [0.4, 0.5) is 5.88 Å². The first kappa shape index (κ1) is 17.9. The number of hydrogen-bond donors (Lipinski definition) is 0. The van der Waals surface area contributed by atoms with Gasteiger partial charge in [-0.15, -0.1) is 0 Å². The summed E-state index contributed by atoms with van der Waals surface area (Å²) in [5.41, 5.74) is 1.37. The summed E-state index contributed by atoms with van der Waals surface area (Å²) in [6.45, 7) is 8.07. The van der Waals surface area contributed by atoms with Crippen LogP contribution in [0.5, 0.6) is 5.75 Å². The molecule has 1 heterocycles. The SMILES string of the molecule is CCN(CC)c1cc(=O)c2ccc(OCCCCC#N)c(C)c2o1. The lowest BCUT2D eigenvalue weighted by molar-refractivity contribution is 0.305. The predicted molar refractivity (Wildman–Crippen MR) is 95.7 cm³/mol. The lowest BCUT2D eigenvalue weighted by Crippen LogP contribution is -2.23. The Hall–Kier alpha value is -2.48. The number of rotatable bonds is 8. The predicted octanol–water partition coefficient (Wildman–Crippen LogP) is 4.02. The molecule has 0 aliphatic carbocycles. The van der Waals surface area contributed by atoms with Gasteiger partial charge in [-0.3, -0.25) is 4.79 Å². The molecule has 0 amide bonds. The van der Waals surface area contributed by atoms with Gasteiger partial charge in [-0.05, 0) is 45.7 Å². The van der Waals surface area contributed by atoms with Crippen molar-refractivity contribution in [2.45, 2.75) is 40.0 Å². The Labute approximate surface area is 142 Å². The number of benzene rings is 1. The van der Waals surface area contributed by atoms with Crippen LogP contribution in [0.2, 0.25) is 0 Å². The average Bonchev–Trinajstić information content (AvgIpc) is 2.58. The molecule has 24 heavy (non-hydrogen) atoms. The summed E-state index contributed by atoms with van der Waals surface area (Å²) in [5.74, 6) is 1.31. The summed E-state index contributed by atoms with van der Waals surface area (Å²) in [4.78, 5) is 14.4. The van der Waals surface area contributed by atoms with E-state index in [2.05, 4.69) is 6.07 Å². The Bertz CT molecular complexity index is 786. The first-order valence-electron chi connectivity index (χ1n) is 8.44. The van der Waals surface area contributed by atoms with E-state index in [-0.39, 0.29) is 5.43 Å². The van der Waals surface area contributed by atoms with Crippen molar-refractivity contribution >= 4 is 16.9 Å². The van der Waals surface area contributed by atoms with Crippen molar-refractivity contribution in [1.29, 1.82) is 5.26 Å². The quantitative estimate of drug-likeness (QED) is 0.685. The average molecular weight is 328 g/mol. The minimum atomic E-state index is -0.0400. The van der Waals surface area contributed by atoms with Crippen LogP contribution < -0.4 is 15.1 Å². The van der Waals surface area contributed by atoms with E-state index >= 15 is 0 Å². The number of ether oxygens (including phenoxy) is 1. The van der Waals surface area contributed by atoms with E-state index in [0.29, 0.717) is 29.9 Å². The third-order valence-corrected chi connectivity index (χ3v) is 4.10. The zero-order valence-corrected chi connectivity index (χ0v) is 14.6. The molecule has 128 valence electrons. The highest BCUT2D eigenvalue weighted by Gasteiger charge is 2.13. The standard InChI is InChI=1S/C19H24N2O3/c1-4-21(5-2)18-13-16(22)15-9-10-17(14(3)19(15)24-18)23-12-8-6-7-11-20/h9-10,13H,4-8,12H2,1-3H3. The van der Waals surface area contributed by atoms with Gasteiger partial charge < -0.3 is 14.1 Å². The van der Waals surface area contributed by atoms with Gasteiger partial charge in [0.15, 0.2) is 11.3 Å². The summed E-state index contributed by atoms with van der Waals surface area (Å²) in [6.07, 6.45) is 2.20. The fraction of sp³-hybridized carbons (Fsp3) is 0.474. The molecule has 0 fully saturated rings. The number of nitrogens with zero attached hydrogens (tertiary/aromatic N) is 2. The van der Waals surface area contributed by atoms with Gasteiger partial charge in [0.1, 0.15) is 11.3 Å². The first-order chi connectivity index (χ1) is 11.6. The molecule has 1 aromatic heterocycles. The monoisotopic (exact) mass is 328 g/mol. The highest BCUT2D eigenvalue weighted by atomic mass is 16.5. The van der Waals surface area contributed by atoms with Crippen LogP contribution in [-0.2, 0) is 0 Å². The summed E-state index contributed by atoms with van der Waals surface area (Å²) < 4.78 is 11.8. The van der Waals surface area contributed by atoms with Gasteiger partial charge >= 0.3 is 0 Å². The maximum absolute atomic E-state index is 12.4. The van der Waals surface area contributed by atoms with Gasteiger partial charge in [0.05, 0.1) is 18.1 Å². The fourth-order valence-corrected chi connectivity index (χ4v) is 2.66. The Balaban J connectivity index is 2.31. The Morgan fingerprint density at radius 2 is 2.00 bits per heavy atom. The first-order valence-corrected chi connectivity index (χ1v) is 8.44. The van der Waals surface area contributed by atoms with Crippen molar-refractivity contribution < 1.29 is 9.15 Å². The smallest absolute Gasteiger partial charge is 0.199 e. The number of anilines is 1. The largest absolute Gasteiger partial charge is 0.493 e. The van der Waals surface area contributed by atoms with Gasteiger partial charge in [0, 0.05) is 31.1 Å². The van der Waals surface area contributed by atoms with Crippen LogP contribution in [-0.4, -0.2) is 19.7 Å². The van der Waals surface area contributed by atoms with Crippen LogP contribution >= 0.6 is 0 Å². The van der Waals surface area contributed by atoms with Crippen molar-refractivity contribution in [3.63, 3.8) is 0 Å². The van der Waals surface area contributed by atoms with Crippen LogP contribution in [0.1, 0.15) is 38.7 Å². The second-order valence-electron chi connectivity index (χ2n) is 5.65. The number of nitriles is 1. The zero-order valence-electron chi connectivity index (χ0n) is 14.6. The molecule has 0 atom stereocenters. The molecule has 5 heteroatoms.